The van der Waals surface area contributed by atoms with Crippen molar-refractivity contribution in [2.75, 3.05) is 51.4 Å². The van der Waals surface area contributed by atoms with E-state index in [1.807, 2.05) is 75.2 Å². The Morgan fingerprint density at radius 2 is 1.76 bits per heavy atom. The molecule has 0 radical (unpaired) electrons. The Kier molecular flexibility index (Phi) is 11.2. The van der Waals surface area contributed by atoms with Crippen LogP contribution in [0.1, 0.15) is 31.4 Å². The number of imidazole rings is 1. The maximum Gasteiger partial charge on any atom is 0.308 e. The van der Waals surface area contributed by atoms with Crippen molar-refractivity contribution in [3.63, 3.8) is 0 Å². The minimum Gasteiger partial charge on any atom is -0.493 e. The second-order valence-electron chi connectivity index (χ2n) is 12.4. The number of piperazine rings is 1. The number of hydrogen-bond acceptors (Lipinski definition) is 8. The first-order valence-corrected chi connectivity index (χ1v) is 17.3. The average Bonchev–Trinajstić information content (AvgIpc) is 3.54. The molecule has 1 aromatic heterocycles. The molecule has 0 aliphatic carbocycles. The Bertz CT molecular complexity index is 1810. The monoisotopic (exact) mass is 723 g/mol. The number of ether oxygens (including phenoxy) is 5. The Balaban J connectivity index is 1.14. The van der Waals surface area contributed by atoms with Gasteiger partial charge in [0.15, 0.2) is 11.5 Å². The van der Waals surface area contributed by atoms with E-state index in [1.165, 1.54) is 14.0 Å². The fourth-order valence-corrected chi connectivity index (χ4v) is 6.84. The minimum atomic E-state index is -1.20. The number of aromatic nitrogens is 2. The molecule has 6 rings (SSSR count). The van der Waals surface area contributed by atoms with Crippen molar-refractivity contribution >= 4 is 40.8 Å². The lowest BCUT2D eigenvalue weighted by molar-refractivity contribution is -0.688. The van der Waals surface area contributed by atoms with Gasteiger partial charge in [0, 0.05) is 62.7 Å². The molecule has 50 heavy (non-hydrogen) atoms. The lowest BCUT2D eigenvalue weighted by Gasteiger charge is -2.40. The van der Waals surface area contributed by atoms with Gasteiger partial charge in [-0.3, -0.25) is 9.59 Å². The molecule has 0 unspecified atom stereocenters. The first kappa shape index (κ1) is 35.5. The zero-order chi connectivity index (χ0) is 35.3. The normalized spacial score (nSPS) is 19.3. The highest BCUT2D eigenvalue weighted by Gasteiger charge is 2.44. The summed E-state index contributed by atoms with van der Waals surface area (Å²) in [6.45, 7) is 7.63. The molecule has 2 fully saturated rings. The third-order valence-electron chi connectivity index (χ3n) is 8.82. The van der Waals surface area contributed by atoms with Crippen LogP contribution in [-0.2, 0) is 37.9 Å². The summed E-state index contributed by atoms with van der Waals surface area (Å²) in [5.41, 5.74) is 2.73. The Labute approximate surface area is 301 Å². The molecule has 0 saturated carbocycles. The Hall–Kier alpha value is -4.29. The standard InChI is InChI=1S/C37H41Cl2N4O7/c1-26(44)42-15-17-43(18-16-42)30-6-8-31(9-7-30)47-23-32-12-19-48-37(50-32,33-10-5-29(38)21-34(33)39)24-41-14-13-40(25-41)22-28-4-11-35(49-27(2)45)36(20-28)46-3/h4-11,13-14,20-21,25,32H,12,15-19,22-24H2,1-3H3/q+1/t32-,37-/m0/s1. The van der Waals surface area contributed by atoms with E-state index < -0.39 is 11.8 Å². The fourth-order valence-electron chi connectivity index (χ4n) is 6.29. The van der Waals surface area contributed by atoms with Gasteiger partial charge in [-0.15, -0.1) is 0 Å². The van der Waals surface area contributed by atoms with E-state index in [0.717, 1.165) is 43.2 Å². The molecule has 4 aromatic rings. The predicted molar refractivity (Wildman–Crippen MR) is 188 cm³/mol. The van der Waals surface area contributed by atoms with E-state index >= 15 is 0 Å². The second kappa shape index (κ2) is 15.7. The SMILES string of the molecule is COc1cc(C[n+]2ccn(C[C@]3(c4ccc(Cl)cc4Cl)OCC[C@@H](COc4ccc(N5CCN(C(C)=O)CC5)cc4)O3)c2)ccc1OC(C)=O. The van der Waals surface area contributed by atoms with Crippen LogP contribution in [0.4, 0.5) is 5.69 Å². The van der Waals surface area contributed by atoms with Crippen molar-refractivity contribution in [3.8, 4) is 17.2 Å². The number of carbonyl (C=O) groups is 2. The van der Waals surface area contributed by atoms with Crippen LogP contribution in [0, 0.1) is 0 Å². The van der Waals surface area contributed by atoms with Crippen LogP contribution in [0.5, 0.6) is 17.2 Å². The van der Waals surface area contributed by atoms with Gasteiger partial charge in [0.2, 0.25) is 18.0 Å². The maximum atomic E-state index is 11.7. The molecule has 1 amide bonds. The van der Waals surface area contributed by atoms with Crippen LogP contribution in [0.25, 0.3) is 0 Å². The lowest BCUT2D eigenvalue weighted by Crippen LogP contribution is -2.48. The molecule has 2 aliphatic heterocycles. The third-order valence-corrected chi connectivity index (χ3v) is 9.37. The highest BCUT2D eigenvalue weighted by atomic mass is 35.5. The van der Waals surface area contributed by atoms with E-state index in [2.05, 4.69) is 4.90 Å². The van der Waals surface area contributed by atoms with Gasteiger partial charge in [-0.1, -0.05) is 35.3 Å². The zero-order valence-corrected chi connectivity index (χ0v) is 29.9. The van der Waals surface area contributed by atoms with Gasteiger partial charge in [-0.25, -0.2) is 9.13 Å². The van der Waals surface area contributed by atoms with Gasteiger partial charge >= 0.3 is 5.97 Å². The summed E-state index contributed by atoms with van der Waals surface area (Å²) < 4.78 is 34.1. The number of amides is 1. The number of methoxy groups -OCH3 is 1. The molecule has 0 bridgehead atoms. The highest BCUT2D eigenvalue weighted by molar-refractivity contribution is 6.35. The molecule has 2 aliphatic rings. The molecule has 2 atom stereocenters. The largest absolute Gasteiger partial charge is 0.493 e. The minimum absolute atomic E-state index is 0.116. The molecule has 264 valence electrons. The number of halogens is 2. The number of benzene rings is 3. The van der Waals surface area contributed by atoms with Crippen LogP contribution in [0.3, 0.4) is 0 Å². The number of carbonyl (C=O) groups excluding carboxylic acids is 2. The van der Waals surface area contributed by atoms with Crippen LogP contribution in [0.15, 0.2) is 79.4 Å². The average molecular weight is 725 g/mol. The van der Waals surface area contributed by atoms with Crippen molar-refractivity contribution in [3.05, 3.63) is 101 Å². The lowest BCUT2D eigenvalue weighted by atomic mass is 10.0. The van der Waals surface area contributed by atoms with E-state index in [4.69, 9.17) is 46.9 Å². The molecule has 0 N–H and O–H groups in total. The molecular formula is C37H41Cl2N4O7+. The van der Waals surface area contributed by atoms with Crippen LogP contribution >= 0.6 is 23.2 Å². The van der Waals surface area contributed by atoms with Crippen molar-refractivity contribution in [2.24, 2.45) is 0 Å². The molecule has 3 aromatic carbocycles. The van der Waals surface area contributed by atoms with Crippen LogP contribution < -0.4 is 23.7 Å². The number of hydrogen-bond donors (Lipinski definition) is 0. The summed E-state index contributed by atoms with van der Waals surface area (Å²) in [6.07, 6.45) is 6.24. The molecular weight excluding hydrogens is 683 g/mol. The highest BCUT2D eigenvalue weighted by Crippen LogP contribution is 2.40. The molecule has 11 nitrogen and oxygen atoms in total. The molecule has 0 spiro atoms. The molecule has 13 heteroatoms. The molecule has 3 heterocycles. The first-order chi connectivity index (χ1) is 24.1. The summed E-state index contributed by atoms with van der Waals surface area (Å²) in [5, 5.41) is 0.960. The first-order valence-electron chi connectivity index (χ1n) is 16.5. The van der Waals surface area contributed by atoms with Crippen molar-refractivity contribution in [1.82, 2.24) is 9.47 Å². The molecule has 2 saturated heterocycles. The third kappa shape index (κ3) is 8.53. The smallest absolute Gasteiger partial charge is 0.308 e. The number of nitrogens with zero attached hydrogens (tertiary/aromatic N) is 4. The Morgan fingerprint density at radius 1 is 0.980 bits per heavy atom. The fraction of sp³-hybridized carbons (Fsp3) is 0.378. The van der Waals surface area contributed by atoms with Gasteiger partial charge in [0.25, 0.3) is 0 Å². The predicted octanol–water partition coefficient (Wildman–Crippen LogP) is 5.47. The number of rotatable bonds is 11. The summed E-state index contributed by atoms with van der Waals surface area (Å²) in [7, 11) is 1.54. The van der Waals surface area contributed by atoms with Crippen LogP contribution in [-0.4, -0.2) is 74.0 Å². The van der Waals surface area contributed by atoms with E-state index in [9.17, 15) is 9.59 Å². The summed E-state index contributed by atoms with van der Waals surface area (Å²) in [5.74, 6) is 0.0921. The second-order valence-corrected chi connectivity index (χ2v) is 13.2. The summed E-state index contributed by atoms with van der Waals surface area (Å²) in [4.78, 5) is 27.3. The summed E-state index contributed by atoms with van der Waals surface area (Å²) >= 11 is 13.0. The topological polar surface area (TPSA) is 95.6 Å². The van der Waals surface area contributed by atoms with E-state index in [1.54, 1.807) is 25.1 Å². The van der Waals surface area contributed by atoms with Gasteiger partial charge in [-0.05, 0) is 54.1 Å². The van der Waals surface area contributed by atoms with Gasteiger partial charge in [0.1, 0.15) is 37.8 Å². The van der Waals surface area contributed by atoms with Gasteiger partial charge in [0.05, 0.1) is 24.8 Å². The van der Waals surface area contributed by atoms with E-state index in [0.29, 0.717) is 59.8 Å². The van der Waals surface area contributed by atoms with Crippen molar-refractivity contribution < 1.29 is 37.8 Å². The van der Waals surface area contributed by atoms with Gasteiger partial charge in [-0.2, -0.15) is 0 Å². The van der Waals surface area contributed by atoms with Crippen molar-refractivity contribution in [2.45, 2.75) is 45.2 Å². The Morgan fingerprint density at radius 3 is 2.46 bits per heavy atom. The zero-order valence-electron chi connectivity index (χ0n) is 28.3. The van der Waals surface area contributed by atoms with Gasteiger partial charge < -0.3 is 33.5 Å². The maximum absolute atomic E-state index is 11.7. The number of anilines is 1. The number of esters is 1. The van der Waals surface area contributed by atoms with Crippen molar-refractivity contribution in [1.29, 1.82) is 0 Å². The van der Waals surface area contributed by atoms with Crippen LogP contribution in [0.2, 0.25) is 10.0 Å². The van der Waals surface area contributed by atoms with E-state index in [-0.39, 0.29) is 12.0 Å². The quantitative estimate of drug-likeness (QED) is 0.114. The summed E-state index contributed by atoms with van der Waals surface area (Å²) in [6, 6.07) is 18.8.